The molecule has 0 aliphatic rings. The van der Waals surface area contributed by atoms with Crippen LogP contribution in [0.15, 0.2) is 11.6 Å². The predicted molar refractivity (Wildman–Crippen MR) is 39.3 cm³/mol. The average Bonchev–Trinajstić information content (AvgIpc) is 1.80. The third-order valence-corrected chi connectivity index (χ3v) is 1.08. The molecule has 0 spiro atoms. The summed E-state index contributed by atoms with van der Waals surface area (Å²) in [6, 6.07) is 0. The standard InChI is InChI=1S/C8H14O/c1-8(2)6-4-3-5-7-9/h6-7H,3-5H2,1-2H3. The molecule has 52 valence electrons. The van der Waals surface area contributed by atoms with Crippen LogP contribution in [0.1, 0.15) is 33.1 Å². The number of hydrogen-bond acceptors (Lipinski definition) is 1. The van der Waals surface area contributed by atoms with Crippen LogP contribution in [-0.2, 0) is 4.79 Å². The van der Waals surface area contributed by atoms with E-state index in [0.717, 1.165) is 19.1 Å². The van der Waals surface area contributed by atoms with Gasteiger partial charge in [0, 0.05) is 6.42 Å². The van der Waals surface area contributed by atoms with Crippen LogP contribution >= 0.6 is 0 Å². The molecule has 0 unspecified atom stereocenters. The second-order valence-corrected chi connectivity index (χ2v) is 2.38. The SMILES string of the molecule is CC(C)=CCCCC=O. The lowest BCUT2D eigenvalue weighted by Crippen LogP contribution is -1.74. The van der Waals surface area contributed by atoms with Crippen molar-refractivity contribution in [3.05, 3.63) is 11.6 Å². The van der Waals surface area contributed by atoms with E-state index >= 15 is 0 Å². The predicted octanol–water partition coefficient (Wildman–Crippen LogP) is 2.32. The monoisotopic (exact) mass is 126 g/mol. The quantitative estimate of drug-likeness (QED) is 0.321. The lowest BCUT2D eigenvalue weighted by atomic mass is 10.2. The first-order chi connectivity index (χ1) is 4.27. The molecule has 0 fully saturated rings. The van der Waals surface area contributed by atoms with Crippen molar-refractivity contribution in [2.75, 3.05) is 0 Å². The van der Waals surface area contributed by atoms with Gasteiger partial charge in [-0.1, -0.05) is 11.6 Å². The number of carbonyl (C=O) groups is 1. The smallest absolute Gasteiger partial charge is 0.120 e. The number of aldehydes is 1. The Morgan fingerprint density at radius 1 is 1.33 bits per heavy atom. The molecule has 0 rings (SSSR count). The van der Waals surface area contributed by atoms with Crippen molar-refractivity contribution in [2.45, 2.75) is 33.1 Å². The third kappa shape index (κ3) is 7.41. The fraction of sp³-hybridized carbons (Fsp3) is 0.625. The van der Waals surface area contributed by atoms with Gasteiger partial charge in [-0.3, -0.25) is 0 Å². The average molecular weight is 126 g/mol. The van der Waals surface area contributed by atoms with Crippen molar-refractivity contribution in [3.63, 3.8) is 0 Å². The van der Waals surface area contributed by atoms with Crippen LogP contribution in [0.4, 0.5) is 0 Å². The molecule has 0 aromatic rings. The fourth-order valence-corrected chi connectivity index (χ4v) is 0.592. The normalized spacial score (nSPS) is 8.67. The lowest BCUT2D eigenvalue weighted by molar-refractivity contribution is -0.107. The van der Waals surface area contributed by atoms with Crippen molar-refractivity contribution in [2.24, 2.45) is 0 Å². The highest BCUT2D eigenvalue weighted by molar-refractivity contribution is 5.49. The van der Waals surface area contributed by atoms with Crippen molar-refractivity contribution in [3.8, 4) is 0 Å². The molecule has 9 heavy (non-hydrogen) atoms. The van der Waals surface area contributed by atoms with Crippen LogP contribution in [0.3, 0.4) is 0 Å². The number of allylic oxidation sites excluding steroid dienone is 2. The van der Waals surface area contributed by atoms with E-state index in [1.807, 2.05) is 0 Å². The van der Waals surface area contributed by atoms with E-state index in [9.17, 15) is 4.79 Å². The number of unbranched alkanes of at least 4 members (excludes halogenated alkanes) is 2. The maximum Gasteiger partial charge on any atom is 0.120 e. The van der Waals surface area contributed by atoms with Crippen molar-refractivity contribution >= 4 is 6.29 Å². The minimum Gasteiger partial charge on any atom is -0.303 e. The second kappa shape index (κ2) is 5.54. The first-order valence-corrected chi connectivity index (χ1v) is 3.34. The van der Waals surface area contributed by atoms with E-state index in [1.165, 1.54) is 5.57 Å². The van der Waals surface area contributed by atoms with Crippen molar-refractivity contribution in [1.82, 2.24) is 0 Å². The minimum absolute atomic E-state index is 0.698. The summed E-state index contributed by atoms with van der Waals surface area (Å²) in [5.41, 5.74) is 1.33. The Bertz CT molecular complexity index is 99.1. The van der Waals surface area contributed by atoms with Gasteiger partial charge in [0.1, 0.15) is 6.29 Å². The molecular weight excluding hydrogens is 112 g/mol. The molecule has 1 heteroatoms. The molecule has 0 bridgehead atoms. The zero-order valence-corrected chi connectivity index (χ0v) is 6.18. The number of hydrogen-bond donors (Lipinski definition) is 0. The second-order valence-electron chi connectivity index (χ2n) is 2.38. The molecular formula is C8H14O. The molecule has 0 radical (unpaired) electrons. The summed E-state index contributed by atoms with van der Waals surface area (Å²) in [4.78, 5) is 9.83. The maximum atomic E-state index is 9.83. The van der Waals surface area contributed by atoms with Crippen LogP contribution < -0.4 is 0 Å². The summed E-state index contributed by atoms with van der Waals surface area (Å²) in [6.45, 7) is 4.14. The van der Waals surface area contributed by atoms with Gasteiger partial charge in [0.25, 0.3) is 0 Å². The van der Waals surface area contributed by atoms with Gasteiger partial charge in [0.05, 0.1) is 0 Å². The number of carbonyl (C=O) groups excluding carboxylic acids is 1. The van der Waals surface area contributed by atoms with Gasteiger partial charge in [-0.05, 0) is 26.7 Å². The Labute approximate surface area is 56.8 Å². The van der Waals surface area contributed by atoms with E-state index in [-0.39, 0.29) is 0 Å². The van der Waals surface area contributed by atoms with E-state index in [2.05, 4.69) is 19.9 Å². The maximum absolute atomic E-state index is 9.83. The Hall–Kier alpha value is -0.590. The van der Waals surface area contributed by atoms with Crippen LogP contribution in [0.25, 0.3) is 0 Å². The molecule has 0 aromatic carbocycles. The largest absolute Gasteiger partial charge is 0.303 e. The van der Waals surface area contributed by atoms with E-state index in [0.29, 0.717) is 6.42 Å². The minimum atomic E-state index is 0.698. The number of rotatable bonds is 4. The Kier molecular flexibility index (Phi) is 5.18. The van der Waals surface area contributed by atoms with Gasteiger partial charge in [-0.25, -0.2) is 0 Å². The Morgan fingerprint density at radius 2 is 2.00 bits per heavy atom. The molecule has 0 atom stereocenters. The molecule has 0 aliphatic carbocycles. The van der Waals surface area contributed by atoms with Crippen LogP contribution in [0.5, 0.6) is 0 Å². The van der Waals surface area contributed by atoms with E-state index in [4.69, 9.17) is 0 Å². The molecule has 0 aliphatic heterocycles. The molecule has 0 saturated heterocycles. The van der Waals surface area contributed by atoms with E-state index in [1.54, 1.807) is 0 Å². The zero-order chi connectivity index (χ0) is 7.11. The molecule has 0 amide bonds. The Morgan fingerprint density at radius 3 is 2.44 bits per heavy atom. The summed E-state index contributed by atoms with van der Waals surface area (Å²) in [6.07, 6.45) is 5.86. The molecule has 0 saturated carbocycles. The van der Waals surface area contributed by atoms with Gasteiger partial charge in [0.2, 0.25) is 0 Å². The highest BCUT2D eigenvalue weighted by Crippen LogP contribution is 1.97. The first kappa shape index (κ1) is 8.41. The van der Waals surface area contributed by atoms with Crippen LogP contribution in [0.2, 0.25) is 0 Å². The molecule has 0 heterocycles. The van der Waals surface area contributed by atoms with Crippen molar-refractivity contribution < 1.29 is 4.79 Å². The van der Waals surface area contributed by atoms with Gasteiger partial charge in [-0.15, -0.1) is 0 Å². The fourth-order valence-electron chi connectivity index (χ4n) is 0.592. The lowest BCUT2D eigenvalue weighted by Gasteiger charge is -1.88. The molecule has 0 aromatic heterocycles. The topological polar surface area (TPSA) is 17.1 Å². The summed E-state index contributed by atoms with van der Waals surface area (Å²) < 4.78 is 0. The summed E-state index contributed by atoms with van der Waals surface area (Å²) in [7, 11) is 0. The summed E-state index contributed by atoms with van der Waals surface area (Å²) in [5.74, 6) is 0. The Balaban J connectivity index is 3.09. The highest BCUT2D eigenvalue weighted by Gasteiger charge is 1.81. The molecule has 1 nitrogen and oxygen atoms in total. The third-order valence-electron chi connectivity index (χ3n) is 1.08. The molecule has 0 N–H and O–H groups in total. The summed E-state index contributed by atoms with van der Waals surface area (Å²) in [5, 5.41) is 0. The van der Waals surface area contributed by atoms with Crippen molar-refractivity contribution in [1.29, 1.82) is 0 Å². The van der Waals surface area contributed by atoms with Gasteiger partial charge < -0.3 is 4.79 Å². The zero-order valence-electron chi connectivity index (χ0n) is 6.18. The van der Waals surface area contributed by atoms with Crippen LogP contribution in [-0.4, -0.2) is 6.29 Å². The summed E-state index contributed by atoms with van der Waals surface area (Å²) >= 11 is 0. The van der Waals surface area contributed by atoms with Gasteiger partial charge >= 0.3 is 0 Å². The van der Waals surface area contributed by atoms with E-state index < -0.39 is 0 Å². The first-order valence-electron chi connectivity index (χ1n) is 3.34. The van der Waals surface area contributed by atoms with Gasteiger partial charge in [-0.2, -0.15) is 0 Å². The highest BCUT2D eigenvalue weighted by atomic mass is 16.1. The van der Waals surface area contributed by atoms with Gasteiger partial charge in [0.15, 0.2) is 0 Å². The van der Waals surface area contributed by atoms with Crippen LogP contribution in [0, 0.1) is 0 Å².